The summed E-state index contributed by atoms with van der Waals surface area (Å²) in [6.07, 6.45) is 5.30. The first-order valence-electron chi connectivity index (χ1n) is 11.3. The van der Waals surface area contributed by atoms with Crippen LogP contribution in [-0.4, -0.2) is 29.7 Å². The fourth-order valence-corrected chi connectivity index (χ4v) is 4.94. The summed E-state index contributed by atoms with van der Waals surface area (Å²) in [6, 6.07) is 12.6. The van der Waals surface area contributed by atoms with Gasteiger partial charge in [0.25, 0.3) is 0 Å². The van der Waals surface area contributed by atoms with Gasteiger partial charge in [-0.3, -0.25) is 14.5 Å². The summed E-state index contributed by atoms with van der Waals surface area (Å²) in [5, 5.41) is 2.99. The zero-order chi connectivity index (χ0) is 21.1. The maximum absolute atomic E-state index is 13.6. The fraction of sp³-hybridized carbons (Fsp3) is 0.462. The third-order valence-corrected chi connectivity index (χ3v) is 6.56. The smallest absolute Gasteiger partial charge is 0.224 e. The predicted molar refractivity (Wildman–Crippen MR) is 121 cm³/mol. The molecule has 4 rings (SSSR count). The molecule has 0 saturated heterocycles. The summed E-state index contributed by atoms with van der Waals surface area (Å²) >= 11 is 0. The molecule has 158 valence electrons. The second-order valence-electron chi connectivity index (χ2n) is 8.80. The summed E-state index contributed by atoms with van der Waals surface area (Å²) in [6.45, 7) is 6.99. The van der Waals surface area contributed by atoms with Crippen LogP contribution in [0.25, 0.3) is 0 Å². The maximum Gasteiger partial charge on any atom is 0.224 e. The van der Waals surface area contributed by atoms with Crippen LogP contribution in [0.5, 0.6) is 0 Å². The molecule has 4 nitrogen and oxygen atoms in total. The normalized spacial score (nSPS) is 18.2. The van der Waals surface area contributed by atoms with Gasteiger partial charge >= 0.3 is 0 Å². The Balaban J connectivity index is 1.58. The number of unbranched alkanes of at least 4 members (excludes halogenated alkanes) is 1. The zero-order valence-corrected chi connectivity index (χ0v) is 18.2. The number of hydrogen-bond donors (Lipinski definition) is 1. The van der Waals surface area contributed by atoms with Gasteiger partial charge in [-0.15, -0.1) is 0 Å². The molecule has 0 bridgehead atoms. The molecule has 30 heavy (non-hydrogen) atoms. The van der Waals surface area contributed by atoms with Crippen molar-refractivity contribution in [3.05, 3.63) is 64.2 Å². The van der Waals surface area contributed by atoms with Gasteiger partial charge in [-0.2, -0.15) is 0 Å². The lowest BCUT2D eigenvalue weighted by atomic mass is 9.76. The molecule has 1 heterocycles. The highest BCUT2D eigenvalue weighted by atomic mass is 16.1. The average molecular weight is 405 g/mol. The molecule has 1 amide bonds. The van der Waals surface area contributed by atoms with Crippen LogP contribution in [0.15, 0.2) is 36.4 Å². The molecule has 1 unspecified atom stereocenters. The van der Waals surface area contributed by atoms with Gasteiger partial charge in [0.05, 0.1) is 0 Å². The van der Waals surface area contributed by atoms with E-state index >= 15 is 0 Å². The summed E-state index contributed by atoms with van der Waals surface area (Å²) < 4.78 is 0. The van der Waals surface area contributed by atoms with E-state index in [0.29, 0.717) is 12.8 Å². The highest BCUT2D eigenvalue weighted by molar-refractivity contribution is 6.05. The van der Waals surface area contributed by atoms with Gasteiger partial charge in [-0.25, -0.2) is 0 Å². The number of nitrogens with one attached hydrogen (secondary N) is 1. The number of nitrogens with zero attached hydrogens (tertiary/aromatic N) is 1. The van der Waals surface area contributed by atoms with E-state index in [2.05, 4.69) is 54.4 Å². The van der Waals surface area contributed by atoms with Crippen molar-refractivity contribution in [2.45, 2.75) is 58.9 Å². The van der Waals surface area contributed by atoms with E-state index in [0.717, 1.165) is 67.7 Å². The molecule has 0 aromatic heterocycles. The number of fused-ring (bicyclic) bond motifs is 3. The van der Waals surface area contributed by atoms with Crippen molar-refractivity contribution >= 4 is 17.4 Å². The van der Waals surface area contributed by atoms with Crippen molar-refractivity contribution in [3.8, 4) is 0 Å². The number of rotatable bonds is 7. The molecule has 1 N–H and O–H groups in total. The SMILES string of the molecule is CCCCN(Cc1ccccc1)CC1CCc2c(C)cc3c(c2C1=O)CCC(=O)N3. The van der Waals surface area contributed by atoms with Gasteiger partial charge in [0.15, 0.2) is 5.78 Å². The van der Waals surface area contributed by atoms with E-state index in [1.165, 1.54) is 11.1 Å². The second-order valence-corrected chi connectivity index (χ2v) is 8.80. The third kappa shape index (κ3) is 4.34. The number of anilines is 1. The van der Waals surface area contributed by atoms with Crippen molar-refractivity contribution in [1.82, 2.24) is 4.90 Å². The van der Waals surface area contributed by atoms with Gasteiger partial charge in [0.1, 0.15) is 0 Å². The minimum atomic E-state index is 0.0293. The topological polar surface area (TPSA) is 49.4 Å². The lowest BCUT2D eigenvalue weighted by Gasteiger charge is -2.33. The predicted octanol–water partition coefficient (Wildman–Crippen LogP) is 4.93. The number of hydrogen-bond acceptors (Lipinski definition) is 3. The van der Waals surface area contributed by atoms with E-state index in [1.54, 1.807) is 0 Å². The quantitative estimate of drug-likeness (QED) is 0.712. The molecule has 1 aliphatic heterocycles. The number of carbonyl (C=O) groups is 2. The monoisotopic (exact) mass is 404 g/mol. The van der Waals surface area contributed by atoms with Crippen LogP contribution >= 0.6 is 0 Å². The molecule has 1 atom stereocenters. The summed E-state index contributed by atoms with van der Waals surface area (Å²) in [7, 11) is 0. The number of carbonyl (C=O) groups excluding carboxylic acids is 2. The third-order valence-electron chi connectivity index (χ3n) is 6.56. The minimum absolute atomic E-state index is 0.0293. The van der Waals surface area contributed by atoms with Crippen molar-refractivity contribution in [3.63, 3.8) is 0 Å². The number of amides is 1. The Bertz CT molecular complexity index is 936. The van der Waals surface area contributed by atoms with Gasteiger partial charge in [0, 0.05) is 36.7 Å². The van der Waals surface area contributed by atoms with Crippen LogP contribution in [0.3, 0.4) is 0 Å². The first-order valence-corrected chi connectivity index (χ1v) is 11.3. The van der Waals surface area contributed by atoms with E-state index in [9.17, 15) is 9.59 Å². The van der Waals surface area contributed by atoms with Gasteiger partial charge in [-0.1, -0.05) is 43.7 Å². The molecule has 0 radical (unpaired) electrons. The van der Waals surface area contributed by atoms with Crippen LogP contribution < -0.4 is 5.32 Å². The molecular weight excluding hydrogens is 372 g/mol. The molecular formula is C26H32N2O2. The number of Topliss-reactive ketones (excluding diaryl/α,β-unsaturated/α-hetero) is 1. The Morgan fingerprint density at radius 2 is 1.87 bits per heavy atom. The van der Waals surface area contributed by atoms with Crippen molar-refractivity contribution in [2.75, 3.05) is 18.4 Å². The Morgan fingerprint density at radius 3 is 2.63 bits per heavy atom. The fourth-order valence-electron chi connectivity index (χ4n) is 4.94. The highest BCUT2D eigenvalue weighted by Gasteiger charge is 2.34. The second kappa shape index (κ2) is 9.13. The Hall–Kier alpha value is -2.46. The largest absolute Gasteiger partial charge is 0.326 e. The van der Waals surface area contributed by atoms with Gasteiger partial charge in [0.2, 0.25) is 5.91 Å². The van der Waals surface area contributed by atoms with E-state index in [4.69, 9.17) is 0 Å². The van der Waals surface area contributed by atoms with Crippen LogP contribution in [0, 0.1) is 12.8 Å². The molecule has 1 aliphatic carbocycles. The molecule has 2 aliphatic rings. The van der Waals surface area contributed by atoms with Crippen molar-refractivity contribution in [1.29, 1.82) is 0 Å². The average Bonchev–Trinajstić information content (AvgIpc) is 2.74. The number of ketones is 1. The van der Waals surface area contributed by atoms with Gasteiger partial charge < -0.3 is 5.32 Å². The summed E-state index contributed by atoms with van der Waals surface area (Å²) in [5.41, 5.74) is 6.46. The lowest BCUT2D eigenvalue weighted by molar-refractivity contribution is -0.116. The molecule has 2 aromatic carbocycles. The van der Waals surface area contributed by atoms with Gasteiger partial charge in [-0.05, 0) is 67.5 Å². The molecule has 0 saturated carbocycles. The Morgan fingerprint density at radius 1 is 1.07 bits per heavy atom. The number of aryl methyl sites for hydroxylation is 1. The van der Waals surface area contributed by atoms with Crippen LogP contribution in [0.1, 0.15) is 65.2 Å². The Labute approximate surface area is 179 Å². The molecule has 4 heteroatoms. The lowest BCUT2D eigenvalue weighted by Crippen LogP contribution is -2.37. The van der Waals surface area contributed by atoms with Crippen molar-refractivity contribution < 1.29 is 9.59 Å². The van der Waals surface area contributed by atoms with Crippen molar-refractivity contribution in [2.24, 2.45) is 5.92 Å². The molecule has 0 fully saturated rings. The first kappa shape index (κ1) is 20.8. The summed E-state index contributed by atoms with van der Waals surface area (Å²) in [5.74, 6) is 0.360. The summed E-state index contributed by atoms with van der Waals surface area (Å²) in [4.78, 5) is 28.0. The highest BCUT2D eigenvalue weighted by Crippen LogP contribution is 2.37. The number of benzene rings is 2. The molecule has 2 aromatic rings. The minimum Gasteiger partial charge on any atom is -0.326 e. The zero-order valence-electron chi connectivity index (χ0n) is 18.2. The first-order chi connectivity index (χ1) is 14.6. The van der Waals surface area contributed by atoms with E-state index < -0.39 is 0 Å². The van der Waals surface area contributed by atoms with Crippen LogP contribution in [0.2, 0.25) is 0 Å². The van der Waals surface area contributed by atoms with E-state index in [1.807, 2.05) is 6.07 Å². The van der Waals surface area contributed by atoms with Crippen LogP contribution in [0.4, 0.5) is 5.69 Å². The Kier molecular flexibility index (Phi) is 6.33. The van der Waals surface area contributed by atoms with E-state index in [-0.39, 0.29) is 17.6 Å². The molecule has 0 spiro atoms. The van der Waals surface area contributed by atoms with Crippen LogP contribution in [-0.2, 0) is 24.2 Å². The standard InChI is InChI=1S/C26H32N2O2/c1-3-4-14-28(16-19-8-6-5-7-9-19)17-20-10-11-21-18(2)15-23-22(25(21)26(20)30)12-13-24(29)27-23/h5-9,15,20H,3-4,10-14,16-17H2,1-2H3,(H,27,29). The maximum atomic E-state index is 13.6.